The number of aryl methyl sites for hydroxylation is 2. The molecule has 2 amide bonds. The third-order valence-corrected chi connectivity index (χ3v) is 7.23. The lowest BCUT2D eigenvalue weighted by Gasteiger charge is -2.07. The molecule has 8 nitrogen and oxygen atoms in total. The summed E-state index contributed by atoms with van der Waals surface area (Å²) in [6, 6.07) is 2.12. The Balaban J connectivity index is 1.62. The number of anilines is 1. The van der Waals surface area contributed by atoms with Crippen LogP contribution in [0.4, 0.5) is 5.13 Å². The van der Waals surface area contributed by atoms with Crippen LogP contribution < -0.4 is 5.32 Å². The van der Waals surface area contributed by atoms with Crippen LogP contribution in [0.25, 0.3) is 11.4 Å². The van der Waals surface area contributed by atoms with Gasteiger partial charge in [-0.2, -0.15) is 0 Å². The van der Waals surface area contributed by atoms with Crippen LogP contribution in [-0.2, 0) is 18.3 Å². The van der Waals surface area contributed by atoms with Crippen molar-refractivity contribution in [3.63, 3.8) is 0 Å². The maximum atomic E-state index is 12.3. The van der Waals surface area contributed by atoms with Gasteiger partial charge in [0.1, 0.15) is 4.88 Å². The van der Waals surface area contributed by atoms with E-state index in [0.29, 0.717) is 20.9 Å². The Morgan fingerprint density at radius 1 is 1.31 bits per heavy atom. The SMILES string of the molecule is CCc1cc(-c2nnc(SCC(=O)Nc3nc(C)c(C(=O)N(C)C)s3)n2C)cs1. The fourth-order valence-electron chi connectivity index (χ4n) is 2.51. The lowest BCUT2D eigenvalue weighted by atomic mass is 10.2. The molecule has 1 N–H and O–H groups in total. The first-order valence-electron chi connectivity index (χ1n) is 8.89. The normalized spacial score (nSPS) is 10.9. The fourth-order valence-corrected chi connectivity index (χ4v) is 5.04. The molecule has 0 saturated heterocycles. The number of thioether (sulfide) groups is 1. The Morgan fingerprint density at radius 3 is 2.72 bits per heavy atom. The first-order chi connectivity index (χ1) is 13.8. The Bertz CT molecular complexity index is 1040. The van der Waals surface area contributed by atoms with E-state index in [9.17, 15) is 9.59 Å². The van der Waals surface area contributed by atoms with E-state index in [1.54, 1.807) is 32.4 Å². The second-order valence-electron chi connectivity index (χ2n) is 6.49. The van der Waals surface area contributed by atoms with Gasteiger partial charge in [-0.05, 0) is 19.4 Å². The van der Waals surface area contributed by atoms with Gasteiger partial charge in [0, 0.05) is 37.0 Å². The van der Waals surface area contributed by atoms with Gasteiger partial charge in [-0.3, -0.25) is 9.59 Å². The van der Waals surface area contributed by atoms with Crippen molar-refractivity contribution in [1.29, 1.82) is 0 Å². The monoisotopic (exact) mass is 450 g/mol. The van der Waals surface area contributed by atoms with Gasteiger partial charge in [-0.1, -0.05) is 30.0 Å². The third kappa shape index (κ3) is 4.85. The number of thiophene rings is 1. The van der Waals surface area contributed by atoms with E-state index in [-0.39, 0.29) is 17.6 Å². The molecule has 3 aromatic heterocycles. The Labute approximate surface area is 181 Å². The molecule has 11 heteroatoms. The second kappa shape index (κ2) is 9.06. The average Bonchev–Trinajstić information content (AvgIpc) is 3.38. The maximum absolute atomic E-state index is 12.3. The molecular formula is C18H22N6O2S3. The topological polar surface area (TPSA) is 93.0 Å². The summed E-state index contributed by atoms with van der Waals surface area (Å²) in [5.41, 5.74) is 1.64. The summed E-state index contributed by atoms with van der Waals surface area (Å²) >= 11 is 4.19. The van der Waals surface area contributed by atoms with Crippen molar-refractivity contribution < 1.29 is 9.59 Å². The molecule has 0 radical (unpaired) electrons. The summed E-state index contributed by atoms with van der Waals surface area (Å²) in [6.45, 7) is 3.88. The lowest BCUT2D eigenvalue weighted by molar-refractivity contribution is -0.113. The Kier molecular flexibility index (Phi) is 6.70. The lowest BCUT2D eigenvalue weighted by Crippen LogP contribution is -2.21. The summed E-state index contributed by atoms with van der Waals surface area (Å²) in [4.78, 5) is 32.0. The number of hydrogen-bond donors (Lipinski definition) is 1. The van der Waals surface area contributed by atoms with Crippen LogP contribution >= 0.6 is 34.4 Å². The maximum Gasteiger partial charge on any atom is 0.265 e. The highest BCUT2D eigenvalue weighted by molar-refractivity contribution is 7.99. The molecule has 0 spiro atoms. The van der Waals surface area contributed by atoms with Crippen LogP contribution in [0.1, 0.15) is 27.2 Å². The van der Waals surface area contributed by atoms with E-state index in [4.69, 9.17) is 0 Å². The predicted octanol–water partition coefficient (Wildman–Crippen LogP) is 3.30. The zero-order valence-corrected chi connectivity index (χ0v) is 19.3. The number of nitrogens with zero attached hydrogens (tertiary/aromatic N) is 5. The molecule has 0 aliphatic rings. The number of carbonyl (C=O) groups excluding carboxylic acids is 2. The molecule has 0 aromatic carbocycles. The van der Waals surface area contributed by atoms with Gasteiger partial charge in [0.25, 0.3) is 5.91 Å². The molecule has 0 aliphatic carbocycles. The van der Waals surface area contributed by atoms with Gasteiger partial charge >= 0.3 is 0 Å². The van der Waals surface area contributed by atoms with E-state index >= 15 is 0 Å². The van der Waals surface area contributed by atoms with Crippen molar-refractivity contribution >= 4 is 51.4 Å². The molecule has 154 valence electrons. The molecule has 0 unspecified atom stereocenters. The van der Waals surface area contributed by atoms with Crippen LogP contribution in [0.5, 0.6) is 0 Å². The summed E-state index contributed by atoms with van der Waals surface area (Å²) in [7, 11) is 5.26. The largest absolute Gasteiger partial charge is 0.344 e. The van der Waals surface area contributed by atoms with E-state index < -0.39 is 0 Å². The minimum absolute atomic E-state index is 0.124. The van der Waals surface area contributed by atoms with Gasteiger partial charge in [0.05, 0.1) is 11.4 Å². The Hall–Kier alpha value is -2.24. The smallest absolute Gasteiger partial charge is 0.265 e. The quantitative estimate of drug-likeness (QED) is 0.555. The van der Waals surface area contributed by atoms with Gasteiger partial charge < -0.3 is 14.8 Å². The van der Waals surface area contributed by atoms with Gasteiger partial charge in [0.15, 0.2) is 16.1 Å². The predicted molar refractivity (Wildman–Crippen MR) is 118 cm³/mol. The first-order valence-corrected chi connectivity index (χ1v) is 11.6. The van der Waals surface area contributed by atoms with E-state index in [2.05, 4.69) is 38.9 Å². The zero-order chi connectivity index (χ0) is 21.1. The number of aromatic nitrogens is 4. The van der Waals surface area contributed by atoms with E-state index in [0.717, 1.165) is 17.8 Å². The van der Waals surface area contributed by atoms with E-state index in [1.807, 2.05) is 11.6 Å². The van der Waals surface area contributed by atoms with Gasteiger partial charge in [-0.25, -0.2) is 4.98 Å². The highest BCUT2D eigenvalue weighted by atomic mass is 32.2. The number of rotatable bonds is 7. The number of hydrogen-bond acceptors (Lipinski definition) is 8. The molecule has 0 saturated carbocycles. The van der Waals surface area contributed by atoms with Crippen molar-refractivity contribution in [1.82, 2.24) is 24.6 Å². The van der Waals surface area contributed by atoms with Crippen molar-refractivity contribution in [3.8, 4) is 11.4 Å². The Morgan fingerprint density at radius 2 is 2.07 bits per heavy atom. The highest BCUT2D eigenvalue weighted by Crippen LogP contribution is 2.28. The number of carbonyl (C=O) groups is 2. The van der Waals surface area contributed by atoms with Crippen molar-refractivity contribution in [2.24, 2.45) is 7.05 Å². The summed E-state index contributed by atoms with van der Waals surface area (Å²) in [5.74, 6) is 0.624. The molecular weight excluding hydrogens is 428 g/mol. The molecule has 0 atom stereocenters. The van der Waals surface area contributed by atoms with Crippen LogP contribution in [0.3, 0.4) is 0 Å². The summed E-state index contributed by atoms with van der Waals surface area (Å²) < 4.78 is 1.89. The molecule has 0 aliphatic heterocycles. The van der Waals surface area contributed by atoms with Crippen LogP contribution in [-0.4, -0.2) is 56.3 Å². The summed E-state index contributed by atoms with van der Waals surface area (Å²) in [5, 5.41) is 14.4. The minimum Gasteiger partial charge on any atom is -0.344 e. The highest BCUT2D eigenvalue weighted by Gasteiger charge is 2.19. The standard InChI is InChI=1S/C18H22N6O2S3/c1-6-12-7-11(8-27-12)15-21-22-18(24(15)5)28-9-13(25)20-17-19-10(2)14(29-17)16(26)23(3)4/h7-8H,6,9H2,1-5H3,(H,19,20,25). The van der Waals surface area contributed by atoms with Crippen LogP contribution in [0.2, 0.25) is 0 Å². The van der Waals surface area contributed by atoms with Crippen molar-refractivity contribution in [2.75, 3.05) is 25.2 Å². The van der Waals surface area contributed by atoms with E-state index in [1.165, 1.54) is 32.9 Å². The molecule has 3 aromatic rings. The first kappa shape index (κ1) is 21.5. The second-order valence-corrected chi connectivity index (χ2v) is 9.43. The number of thiazole rings is 1. The van der Waals surface area contributed by atoms with Crippen molar-refractivity contribution in [2.45, 2.75) is 25.4 Å². The zero-order valence-electron chi connectivity index (χ0n) is 16.8. The van der Waals surface area contributed by atoms with Crippen LogP contribution in [0, 0.1) is 6.92 Å². The third-order valence-electron chi connectivity index (χ3n) is 4.07. The minimum atomic E-state index is -0.207. The molecule has 29 heavy (non-hydrogen) atoms. The average molecular weight is 451 g/mol. The van der Waals surface area contributed by atoms with Crippen molar-refractivity contribution in [3.05, 3.63) is 26.9 Å². The summed E-state index contributed by atoms with van der Waals surface area (Å²) in [6.07, 6.45) is 0.988. The van der Waals surface area contributed by atoms with Gasteiger partial charge in [-0.15, -0.1) is 21.5 Å². The molecule has 3 heterocycles. The number of nitrogens with one attached hydrogen (secondary N) is 1. The van der Waals surface area contributed by atoms with Gasteiger partial charge in [0.2, 0.25) is 5.91 Å². The fraction of sp³-hybridized carbons (Fsp3) is 0.389. The molecule has 0 bridgehead atoms. The molecule has 0 fully saturated rings. The number of amides is 2. The van der Waals surface area contributed by atoms with Crippen LogP contribution in [0.15, 0.2) is 16.6 Å². The molecule has 3 rings (SSSR count).